The Bertz CT molecular complexity index is 793. The highest BCUT2D eigenvalue weighted by Gasteiger charge is 2.41. The molecule has 0 aliphatic carbocycles. The molecule has 0 radical (unpaired) electrons. The summed E-state index contributed by atoms with van der Waals surface area (Å²) in [5, 5.41) is 11.2. The van der Waals surface area contributed by atoms with Gasteiger partial charge in [0.25, 0.3) is 10.0 Å². The van der Waals surface area contributed by atoms with E-state index in [-0.39, 0.29) is 11.6 Å². The molecule has 0 aromatic carbocycles. The number of aryl methyl sites for hydroxylation is 1. The van der Waals surface area contributed by atoms with Crippen molar-refractivity contribution in [2.45, 2.75) is 24.4 Å². The van der Waals surface area contributed by atoms with Crippen LogP contribution in [0, 0.1) is 6.92 Å². The van der Waals surface area contributed by atoms with Gasteiger partial charge in [0.1, 0.15) is 11.9 Å². The van der Waals surface area contributed by atoms with Crippen molar-refractivity contribution in [3.05, 3.63) is 33.9 Å². The molecule has 1 unspecified atom stereocenters. The van der Waals surface area contributed by atoms with E-state index in [1.807, 2.05) is 0 Å². The minimum absolute atomic E-state index is 0.0788. The van der Waals surface area contributed by atoms with Crippen molar-refractivity contribution in [3.63, 3.8) is 0 Å². The van der Waals surface area contributed by atoms with E-state index in [1.165, 1.54) is 17.5 Å². The maximum Gasteiger partial charge on any atom is 0.326 e. The first-order valence-electron chi connectivity index (χ1n) is 6.24. The number of nitrogens with zero attached hydrogens (tertiary/aromatic N) is 2. The molecule has 0 fully saturated rings. The van der Waals surface area contributed by atoms with Crippen LogP contribution in [0.15, 0.2) is 22.7 Å². The predicted octanol–water partition coefficient (Wildman–Crippen LogP) is 1.15. The maximum atomic E-state index is 12.6. The molecule has 2 N–H and O–H groups in total. The Morgan fingerprint density at radius 1 is 1.57 bits per heavy atom. The largest absolute Gasteiger partial charge is 0.480 e. The molecule has 1 atom stereocenters. The zero-order chi connectivity index (χ0) is 15.2. The van der Waals surface area contributed by atoms with E-state index in [4.69, 9.17) is 0 Å². The number of aromatic amines is 1. The lowest BCUT2D eigenvalue weighted by Crippen LogP contribution is -2.43. The van der Waals surface area contributed by atoms with Gasteiger partial charge in [-0.2, -0.15) is 4.31 Å². The standard InChI is InChI=1S/C12H13N3O4S2/c1-7-13-6-10(14-7)21(18,19)15-4-2-9-8(3-5-20-9)11(15)12(16)17/h3,5-6,11H,2,4H2,1H3,(H,13,14)(H,16,17). The second-order valence-electron chi connectivity index (χ2n) is 4.74. The van der Waals surface area contributed by atoms with Gasteiger partial charge in [-0.05, 0) is 30.4 Å². The molecule has 1 aliphatic heterocycles. The number of hydrogen-bond acceptors (Lipinski definition) is 5. The lowest BCUT2D eigenvalue weighted by molar-refractivity contribution is -0.142. The van der Waals surface area contributed by atoms with Crippen LogP contribution in [0.25, 0.3) is 0 Å². The van der Waals surface area contributed by atoms with Crippen LogP contribution in [0.2, 0.25) is 0 Å². The van der Waals surface area contributed by atoms with Gasteiger partial charge in [-0.25, -0.2) is 13.4 Å². The number of aliphatic carboxylic acids is 1. The first-order chi connectivity index (χ1) is 9.91. The molecule has 3 heterocycles. The van der Waals surface area contributed by atoms with Crippen LogP contribution < -0.4 is 0 Å². The Morgan fingerprint density at radius 2 is 2.33 bits per heavy atom. The fourth-order valence-corrected chi connectivity index (χ4v) is 4.90. The van der Waals surface area contributed by atoms with Gasteiger partial charge >= 0.3 is 5.97 Å². The summed E-state index contributed by atoms with van der Waals surface area (Å²) in [5.41, 5.74) is 0.554. The summed E-state index contributed by atoms with van der Waals surface area (Å²) >= 11 is 1.45. The minimum atomic E-state index is -3.92. The highest BCUT2D eigenvalue weighted by molar-refractivity contribution is 7.89. The summed E-state index contributed by atoms with van der Waals surface area (Å²) < 4.78 is 26.3. The Balaban J connectivity index is 2.08. The van der Waals surface area contributed by atoms with Gasteiger partial charge in [0, 0.05) is 11.4 Å². The molecule has 3 rings (SSSR count). The number of fused-ring (bicyclic) bond motifs is 1. The van der Waals surface area contributed by atoms with E-state index in [9.17, 15) is 18.3 Å². The molecule has 0 saturated heterocycles. The summed E-state index contributed by atoms with van der Waals surface area (Å²) in [6.07, 6.45) is 1.73. The number of hydrogen-bond donors (Lipinski definition) is 2. The summed E-state index contributed by atoms with van der Waals surface area (Å²) in [6, 6.07) is 0.493. The lowest BCUT2D eigenvalue weighted by atomic mass is 10.0. The Morgan fingerprint density at radius 3 is 2.95 bits per heavy atom. The first kappa shape index (κ1) is 14.2. The van der Waals surface area contributed by atoms with E-state index in [1.54, 1.807) is 18.4 Å². The minimum Gasteiger partial charge on any atom is -0.480 e. The number of carbonyl (C=O) groups is 1. The van der Waals surface area contributed by atoms with Crippen molar-refractivity contribution >= 4 is 27.3 Å². The molecular weight excluding hydrogens is 314 g/mol. The number of imidazole rings is 1. The van der Waals surface area contributed by atoms with E-state index in [2.05, 4.69) is 9.97 Å². The van der Waals surface area contributed by atoms with Gasteiger partial charge in [0.05, 0.1) is 6.20 Å². The molecule has 112 valence electrons. The number of H-pyrrole nitrogens is 1. The third-order valence-electron chi connectivity index (χ3n) is 3.42. The number of carboxylic acids is 1. The van der Waals surface area contributed by atoms with Crippen molar-refractivity contribution in [1.29, 1.82) is 0 Å². The predicted molar refractivity (Wildman–Crippen MR) is 75.6 cm³/mol. The average molecular weight is 327 g/mol. The van der Waals surface area contributed by atoms with E-state index >= 15 is 0 Å². The van der Waals surface area contributed by atoms with Crippen molar-refractivity contribution < 1.29 is 18.3 Å². The quantitative estimate of drug-likeness (QED) is 0.880. The molecule has 0 amide bonds. The van der Waals surface area contributed by atoms with Crippen LogP contribution in [0.3, 0.4) is 0 Å². The average Bonchev–Trinajstić information content (AvgIpc) is 3.05. The van der Waals surface area contributed by atoms with Crippen LogP contribution in [-0.2, 0) is 21.2 Å². The molecule has 1 aliphatic rings. The van der Waals surface area contributed by atoms with Gasteiger partial charge in [0.15, 0.2) is 5.03 Å². The maximum absolute atomic E-state index is 12.6. The SMILES string of the molecule is Cc1ncc(S(=O)(=O)N2CCc3sccc3C2C(=O)O)[nH]1. The van der Waals surface area contributed by atoms with E-state index in [0.29, 0.717) is 17.8 Å². The van der Waals surface area contributed by atoms with Crippen molar-refractivity contribution in [1.82, 2.24) is 14.3 Å². The van der Waals surface area contributed by atoms with Crippen LogP contribution >= 0.6 is 11.3 Å². The lowest BCUT2D eigenvalue weighted by Gasteiger charge is -2.31. The topological polar surface area (TPSA) is 103 Å². The summed E-state index contributed by atoms with van der Waals surface area (Å²) in [4.78, 5) is 19.0. The van der Waals surface area contributed by atoms with Gasteiger partial charge in [-0.15, -0.1) is 11.3 Å². The van der Waals surface area contributed by atoms with Crippen LogP contribution in [0.1, 0.15) is 22.3 Å². The van der Waals surface area contributed by atoms with Gasteiger partial charge in [-0.3, -0.25) is 4.79 Å². The molecule has 9 heteroatoms. The van der Waals surface area contributed by atoms with Crippen LogP contribution in [-0.4, -0.2) is 40.3 Å². The normalized spacial score (nSPS) is 19.4. The van der Waals surface area contributed by atoms with Crippen molar-refractivity contribution in [2.24, 2.45) is 0 Å². The number of aromatic nitrogens is 2. The van der Waals surface area contributed by atoms with Gasteiger partial charge in [0.2, 0.25) is 0 Å². The summed E-state index contributed by atoms with van der Waals surface area (Å²) in [7, 11) is -3.92. The third-order valence-corrected chi connectivity index (χ3v) is 6.19. The number of sulfonamides is 1. The number of nitrogens with one attached hydrogen (secondary N) is 1. The molecule has 0 saturated carbocycles. The summed E-state index contributed by atoms with van der Waals surface area (Å²) in [5.74, 6) is -0.706. The monoisotopic (exact) mass is 327 g/mol. The third kappa shape index (κ3) is 2.27. The Labute approximate surface area is 125 Å². The smallest absolute Gasteiger partial charge is 0.326 e. The Hall–Kier alpha value is -1.71. The number of thiophene rings is 1. The molecule has 0 spiro atoms. The van der Waals surface area contributed by atoms with Crippen LogP contribution in [0.4, 0.5) is 0 Å². The second kappa shape index (κ2) is 4.93. The highest BCUT2D eigenvalue weighted by atomic mass is 32.2. The summed E-state index contributed by atoms with van der Waals surface area (Å²) in [6.45, 7) is 1.78. The van der Waals surface area contributed by atoms with Gasteiger partial charge in [-0.1, -0.05) is 0 Å². The van der Waals surface area contributed by atoms with Crippen LogP contribution in [0.5, 0.6) is 0 Å². The molecular formula is C12H13N3O4S2. The fraction of sp³-hybridized carbons (Fsp3) is 0.333. The van der Waals surface area contributed by atoms with Crippen molar-refractivity contribution in [2.75, 3.05) is 6.54 Å². The van der Waals surface area contributed by atoms with Gasteiger partial charge < -0.3 is 10.1 Å². The number of rotatable bonds is 3. The van der Waals surface area contributed by atoms with E-state index < -0.39 is 22.0 Å². The molecule has 2 aromatic rings. The highest BCUT2D eigenvalue weighted by Crippen LogP contribution is 2.36. The first-order valence-corrected chi connectivity index (χ1v) is 8.56. The zero-order valence-electron chi connectivity index (χ0n) is 11.1. The Kier molecular flexibility index (Phi) is 3.34. The molecule has 0 bridgehead atoms. The zero-order valence-corrected chi connectivity index (χ0v) is 12.7. The second-order valence-corrected chi connectivity index (χ2v) is 7.60. The molecule has 2 aromatic heterocycles. The number of carboxylic acid groups (broad SMARTS) is 1. The van der Waals surface area contributed by atoms with Crippen molar-refractivity contribution in [3.8, 4) is 0 Å². The molecule has 7 nitrogen and oxygen atoms in total. The molecule has 21 heavy (non-hydrogen) atoms. The fourth-order valence-electron chi connectivity index (χ4n) is 2.46. The van der Waals surface area contributed by atoms with E-state index in [0.717, 1.165) is 9.18 Å².